The van der Waals surface area contributed by atoms with Gasteiger partial charge >= 0.3 is 33.4 Å². The first-order chi connectivity index (χ1) is 15.4. The zero-order valence-corrected chi connectivity index (χ0v) is 20.7. The molecule has 0 amide bonds. The first kappa shape index (κ1) is 25.8. The monoisotopic (exact) mass is 675 g/mol. The zero-order valence-electron chi connectivity index (χ0n) is 17.4. The quantitative estimate of drug-likeness (QED) is 0.244. The Hall–Kier alpha value is -2.79. The van der Waals surface area contributed by atoms with Gasteiger partial charge in [0.25, 0.3) is 0 Å². The number of nitrogens with zero attached hydrogens (tertiary/aromatic N) is 6. The molecule has 0 aliphatic rings. The molecule has 14 heteroatoms. The van der Waals surface area contributed by atoms with Gasteiger partial charge in [-0.2, -0.15) is 26.3 Å². The largest absolute Gasteiger partial charge is 2.00 e. The summed E-state index contributed by atoms with van der Waals surface area (Å²) >= 11 is 0. The molecule has 0 atom stereocenters. The van der Waals surface area contributed by atoms with Gasteiger partial charge in [0.2, 0.25) is 0 Å². The van der Waals surface area contributed by atoms with Gasteiger partial charge in [-0.1, -0.05) is 36.6 Å². The molecule has 4 heterocycles. The van der Waals surface area contributed by atoms with Crippen molar-refractivity contribution in [1.29, 1.82) is 0 Å². The summed E-state index contributed by atoms with van der Waals surface area (Å²) < 4.78 is 77.1. The predicted molar refractivity (Wildman–Crippen MR) is 108 cm³/mol. The summed E-state index contributed by atoms with van der Waals surface area (Å²) in [6, 6.07) is 11.5. The van der Waals surface area contributed by atoms with Crippen molar-refractivity contribution in [2.24, 2.45) is 0 Å². The Morgan fingerprint density at radius 3 is 1.38 bits per heavy atom. The smallest absolute Gasteiger partial charge is 0.573 e. The Labute approximate surface area is 204 Å². The fourth-order valence-electron chi connectivity index (χ4n) is 3.10. The summed E-state index contributed by atoms with van der Waals surface area (Å²) in [6.07, 6.45) is -9.23. The van der Waals surface area contributed by atoms with Crippen molar-refractivity contribution in [3.63, 3.8) is 0 Å². The average Bonchev–Trinajstić information content (AvgIpc) is 3.44. The molecular weight excluding hydrogens is 661 g/mol. The molecule has 0 N–H and O–H groups in total. The van der Waals surface area contributed by atoms with Crippen molar-refractivity contribution in [2.75, 3.05) is 0 Å². The molecule has 6 nitrogen and oxygen atoms in total. The minimum atomic E-state index is -4.61. The number of hydrogen-bond donors (Lipinski definition) is 0. The number of rotatable bonds is 4. The number of hydrogen-bond acceptors (Lipinski definition) is 4. The Morgan fingerprint density at radius 1 is 0.676 bits per heavy atom. The van der Waals surface area contributed by atoms with Gasteiger partial charge in [-0.15, -0.1) is 0 Å². The van der Waals surface area contributed by atoms with E-state index in [1.807, 2.05) is 13.1 Å². The molecule has 0 saturated carbocycles. The van der Waals surface area contributed by atoms with E-state index in [0.717, 1.165) is 12.1 Å². The molecule has 0 saturated heterocycles. The molecule has 0 bridgehead atoms. The molecule has 0 aromatic carbocycles. The zero-order chi connectivity index (χ0) is 24.0. The van der Waals surface area contributed by atoms with E-state index < -0.39 is 31.8 Å². The molecule has 0 fully saturated rings. The van der Waals surface area contributed by atoms with Gasteiger partial charge in [-0.3, -0.25) is 9.97 Å². The van der Waals surface area contributed by atoms with Gasteiger partial charge in [0.1, 0.15) is 11.4 Å². The van der Waals surface area contributed by atoms with Crippen LogP contribution in [0.3, 0.4) is 0 Å². The molecule has 0 unspecified atom stereocenters. The normalized spacial score (nSPS) is 12.5. The van der Waals surface area contributed by atoms with E-state index in [4.69, 9.17) is 0 Å². The van der Waals surface area contributed by atoms with Crippen molar-refractivity contribution in [3.05, 3.63) is 59.9 Å². The van der Waals surface area contributed by atoms with Crippen LogP contribution >= 0.6 is 0 Å². The van der Waals surface area contributed by atoms with E-state index in [0.29, 0.717) is 10.6 Å². The number of aromatic nitrogens is 6. The third-order valence-electron chi connectivity index (χ3n) is 4.96. The second-order valence-corrected chi connectivity index (χ2v) is 11.9. The molecular formula is C20H14F6N6PtSi. The second kappa shape index (κ2) is 9.10. The average molecular weight is 676 g/mol. The van der Waals surface area contributed by atoms with Crippen molar-refractivity contribution < 1.29 is 47.4 Å². The molecule has 0 radical (unpaired) electrons. The SMILES string of the molecule is C[Si](C)(c1cccc(-c2cc(C(F)(F)F)n[n-]2)n1)c1cccc(-c2cc(C(F)(F)F)n[n-]2)n1.[Pt+2]. The summed E-state index contributed by atoms with van der Waals surface area (Å²) in [5, 5.41) is 14.7. The topological polar surface area (TPSA) is 79.8 Å². The Kier molecular flexibility index (Phi) is 6.91. The van der Waals surface area contributed by atoms with E-state index in [1.54, 1.807) is 24.3 Å². The first-order valence-electron chi connectivity index (χ1n) is 9.47. The molecule has 4 aromatic rings. The van der Waals surface area contributed by atoms with Crippen LogP contribution in [0, 0.1) is 0 Å². The summed E-state index contributed by atoms with van der Waals surface area (Å²) in [4.78, 5) is 9.00. The van der Waals surface area contributed by atoms with Gasteiger partial charge < -0.3 is 20.4 Å². The summed E-state index contributed by atoms with van der Waals surface area (Å²) in [6.45, 7) is 3.84. The van der Waals surface area contributed by atoms with Crippen LogP contribution in [0.15, 0.2) is 48.5 Å². The van der Waals surface area contributed by atoms with Crippen LogP contribution in [0.25, 0.3) is 22.8 Å². The Balaban J connectivity index is 0.00000324. The van der Waals surface area contributed by atoms with E-state index >= 15 is 0 Å². The molecule has 34 heavy (non-hydrogen) atoms. The van der Waals surface area contributed by atoms with Crippen LogP contribution in [0.2, 0.25) is 13.1 Å². The Morgan fingerprint density at radius 2 is 1.06 bits per heavy atom. The number of halogens is 6. The van der Waals surface area contributed by atoms with Crippen molar-refractivity contribution in [2.45, 2.75) is 25.4 Å². The fraction of sp³-hybridized carbons (Fsp3) is 0.200. The van der Waals surface area contributed by atoms with E-state index in [1.165, 1.54) is 12.1 Å². The summed E-state index contributed by atoms with van der Waals surface area (Å²) in [7, 11) is -2.61. The van der Waals surface area contributed by atoms with Crippen molar-refractivity contribution in [1.82, 2.24) is 30.4 Å². The molecule has 0 aliphatic heterocycles. The Bertz CT molecular complexity index is 1200. The predicted octanol–water partition coefficient (Wildman–Crippen LogP) is 3.37. The van der Waals surface area contributed by atoms with Crippen LogP contribution in [0.5, 0.6) is 0 Å². The van der Waals surface area contributed by atoms with Gasteiger partial charge in [0.15, 0.2) is 8.07 Å². The van der Waals surface area contributed by atoms with E-state index in [2.05, 4.69) is 30.4 Å². The second-order valence-electron chi connectivity index (χ2n) is 7.67. The minimum Gasteiger partial charge on any atom is -0.573 e. The van der Waals surface area contributed by atoms with Crippen molar-refractivity contribution in [3.8, 4) is 22.8 Å². The summed E-state index contributed by atoms with van der Waals surface area (Å²) in [5.41, 5.74) is -1.79. The first-order valence-corrected chi connectivity index (χ1v) is 12.5. The van der Waals surface area contributed by atoms with Crippen LogP contribution in [0.4, 0.5) is 26.3 Å². The van der Waals surface area contributed by atoms with E-state index in [-0.39, 0.29) is 43.8 Å². The van der Waals surface area contributed by atoms with Crippen LogP contribution in [0.1, 0.15) is 11.4 Å². The maximum absolute atomic E-state index is 12.9. The molecule has 0 spiro atoms. The standard InChI is InChI=1S/C20H14F6N6Si.Pt/c1-33(2,17-7-3-5-11(27-17)13-9-15(31-29-13)19(21,22)23)18-8-4-6-12(28-18)14-10-16(32-30-14)20(24,25)26;/h3-10H,1-2H3;/q-2;+2. The fourth-order valence-corrected chi connectivity index (χ4v) is 5.19. The maximum Gasteiger partial charge on any atom is 2.00 e. The van der Waals surface area contributed by atoms with Gasteiger partial charge in [0, 0.05) is 22.0 Å². The third-order valence-corrected chi connectivity index (χ3v) is 8.08. The van der Waals surface area contributed by atoms with Crippen LogP contribution < -0.4 is 20.8 Å². The molecule has 4 rings (SSSR count). The molecule has 0 aliphatic carbocycles. The minimum absolute atomic E-state index is 0. The van der Waals surface area contributed by atoms with Crippen molar-refractivity contribution >= 4 is 18.7 Å². The maximum atomic E-state index is 12.9. The number of pyridine rings is 2. The summed E-state index contributed by atoms with van der Waals surface area (Å²) in [5.74, 6) is 0. The van der Waals surface area contributed by atoms with E-state index in [9.17, 15) is 26.3 Å². The third kappa shape index (κ3) is 5.14. The van der Waals surface area contributed by atoms with Gasteiger partial charge in [0.05, 0.1) is 0 Å². The van der Waals surface area contributed by atoms with Crippen LogP contribution in [-0.4, -0.2) is 28.2 Å². The van der Waals surface area contributed by atoms with Gasteiger partial charge in [-0.25, -0.2) is 0 Å². The molecule has 180 valence electrons. The van der Waals surface area contributed by atoms with Gasteiger partial charge in [-0.05, 0) is 36.4 Å². The molecule has 4 aromatic heterocycles. The van der Waals surface area contributed by atoms with Crippen LogP contribution in [-0.2, 0) is 33.4 Å². The number of alkyl halides is 6.